The molecule has 2 aliphatic rings. The van der Waals surface area contributed by atoms with Gasteiger partial charge in [0.2, 0.25) is 0 Å². The van der Waals surface area contributed by atoms with E-state index in [4.69, 9.17) is 9.72 Å². The highest BCUT2D eigenvalue weighted by atomic mass is 28.1. The van der Waals surface area contributed by atoms with E-state index in [1.165, 1.54) is 6.42 Å². The molecule has 2 atom stereocenters. The molecule has 2 aromatic carbocycles. The molecule has 3 aromatic rings. The first kappa shape index (κ1) is 22.8. The smallest absolute Gasteiger partial charge is 0.252 e. The van der Waals surface area contributed by atoms with Gasteiger partial charge >= 0.3 is 0 Å². The molecule has 0 spiro atoms. The second-order valence-corrected chi connectivity index (χ2v) is 11.1. The van der Waals surface area contributed by atoms with Crippen LogP contribution in [-0.4, -0.2) is 51.4 Å². The molecule has 176 valence electrons. The van der Waals surface area contributed by atoms with Crippen molar-refractivity contribution in [2.24, 2.45) is 0 Å². The Balaban J connectivity index is 1.42. The summed E-state index contributed by atoms with van der Waals surface area (Å²) in [4.78, 5) is 20.6. The topological polar surface area (TPSA) is 54.5 Å². The largest absolute Gasteiger partial charge is 0.494 e. The van der Waals surface area contributed by atoms with Crippen molar-refractivity contribution in [3.05, 3.63) is 77.0 Å². The van der Waals surface area contributed by atoms with Crippen molar-refractivity contribution in [3.8, 4) is 5.75 Å². The van der Waals surface area contributed by atoms with Crippen LogP contribution in [0.3, 0.4) is 0 Å². The van der Waals surface area contributed by atoms with Gasteiger partial charge in [0.25, 0.3) is 5.91 Å². The molecule has 1 amide bonds. The monoisotopic (exact) mass is 471 g/mol. The van der Waals surface area contributed by atoms with Crippen LogP contribution in [0.2, 0.25) is 0 Å². The predicted molar refractivity (Wildman–Crippen MR) is 142 cm³/mol. The third-order valence-electron chi connectivity index (χ3n) is 7.48. The van der Waals surface area contributed by atoms with Crippen LogP contribution in [0.5, 0.6) is 5.75 Å². The molecule has 2 heterocycles. The zero-order valence-electron chi connectivity index (χ0n) is 20.5. The average molecular weight is 472 g/mol. The Morgan fingerprint density at radius 2 is 2.06 bits per heavy atom. The number of fused-ring (bicyclic) bond motifs is 1. The second kappa shape index (κ2) is 8.67. The first-order valence-electron chi connectivity index (χ1n) is 12.1. The summed E-state index contributed by atoms with van der Waals surface area (Å²) >= 11 is 0. The van der Waals surface area contributed by atoms with Crippen molar-refractivity contribution in [3.63, 3.8) is 0 Å². The van der Waals surface area contributed by atoms with E-state index in [0.29, 0.717) is 11.6 Å². The second-order valence-electron chi connectivity index (χ2n) is 9.96. The zero-order valence-corrected chi connectivity index (χ0v) is 22.5. The molecule has 1 saturated carbocycles. The van der Waals surface area contributed by atoms with E-state index < -0.39 is 0 Å². The standard InChI is InChI=1S/C28H33N3O2Si/c1-5-19-14-23(21-9-7-18(3)29-24(21)15-19)28(11-12-28)30-26(32)22-16-20(8-6-17(22)2)33-27(34)25-10-13-31(25)4/h5-9,14-16,25,27H,1,10-13H2,2-4,34H3,(H,30,32)/t25-,27?/m0/s1. The normalized spacial score (nSPS) is 19.9. The maximum absolute atomic E-state index is 13.5. The van der Waals surface area contributed by atoms with Gasteiger partial charge in [0.15, 0.2) is 0 Å². The molecule has 1 aromatic heterocycles. The zero-order chi connectivity index (χ0) is 24.0. The number of hydrogen-bond donors (Lipinski definition) is 1. The van der Waals surface area contributed by atoms with Gasteiger partial charge in [-0.1, -0.05) is 24.8 Å². The van der Waals surface area contributed by atoms with Crippen LogP contribution in [0, 0.1) is 13.8 Å². The Hall–Kier alpha value is -2.96. The van der Waals surface area contributed by atoms with E-state index in [-0.39, 0.29) is 17.2 Å². The SMILES string of the molecule is C=Cc1cc(C2(NC(=O)c3cc(OC([SiH3])[C@@H]4CCN4C)ccc3C)CC2)c2ccc(C)nc2c1. The summed E-state index contributed by atoms with van der Waals surface area (Å²) in [6.07, 6.45) is 4.85. The fraction of sp³-hybridized carbons (Fsp3) is 0.357. The highest BCUT2D eigenvalue weighted by molar-refractivity contribution is 6.11. The van der Waals surface area contributed by atoms with E-state index in [1.807, 2.05) is 44.2 Å². The number of carbonyl (C=O) groups excluding carboxylic acids is 1. The Kier molecular flexibility index (Phi) is 5.82. The van der Waals surface area contributed by atoms with E-state index in [0.717, 1.165) is 68.7 Å². The maximum atomic E-state index is 13.5. The van der Waals surface area contributed by atoms with Gasteiger partial charge in [-0.3, -0.25) is 9.78 Å². The van der Waals surface area contributed by atoms with Crippen LogP contribution >= 0.6 is 0 Å². The van der Waals surface area contributed by atoms with E-state index in [9.17, 15) is 4.79 Å². The first-order valence-corrected chi connectivity index (χ1v) is 13.3. The molecule has 1 aliphatic heterocycles. The first-order chi connectivity index (χ1) is 16.3. The van der Waals surface area contributed by atoms with E-state index in [1.54, 1.807) is 0 Å². The molecular formula is C28H33N3O2Si. The summed E-state index contributed by atoms with van der Waals surface area (Å²) < 4.78 is 6.28. The average Bonchev–Trinajstić information content (AvgIpc) is 3.58. The number of rotatable bonds is 7. The minimum absolute atomic E-state index is 0.0525. The molecule has 5 rings (SSSR count). The van der Waals surface area contributed by atoms with Gasteiger partial charge in [-0.2, -0.15) is 0 Å². The number of pyridine rings is 1. The van der Waals surface area contributed by atoms with E-state index >= 15 is 0 Å². The van der Waals surface area contributed by atoms with Gasteiger partial charge < -0.3 is 15.0 Å². The predicted octanol–water partition coefficient (Wildman–Crippen LogP) is 3.69. The van der Waals surface area contributed by atoms with Crippen molar-refractivity contribution in [2.75, 3.05) is 13.6 Å². The van der Waals surface area contributed by atoms with Crippen LogP contribution in [0.25, 0.3) is 17.0 Å². The summed E-state index contributed by atoms with van der Waals surface area (Å²) in [5.41, 5.74) is 5.54. The van der Waals surface area contributed by atoms with Crippen LogP contribution in [0.15, 0.2) is 49.0 Å². The number of carbonyl (C=O) groups is 1. The molecule has 34 heavy (non-hydrogen) atoms. The molecule has 6 heteroatoms. The molecule has 1 unspecified atom stereocenters. The molecule has 2 fully saturated rings. The lowest BCUT2D eigenvalue weighted by Crippen LogP contribution is -2.53. The summed E-state index contributed by atoms with van der Waals surface area (Å²) in [5.74, 6) is 0.725. The number of ether oxygens (including phenoxy) is 1. The van der Waals surface area contributed by atoms with Gasteiger partial charge in [0.05, 0.1) is 27.0 Å². The number of nitrogens with zero attached hydrogens (tertiary/aromatic N) is 2. The minimum Gasteiger partial charge on any atom is -0.494 e. The molecule has 5 nitrogen and oxygen atoms in total. The lowest BCUT2D eigenvalue weighted by atomic mass is 9.95. The number of nitrogens with one attached hydrogen (secondary N) is 1. The number of aromatic nitrogens is 1. The number of likely N-dealkylation sites (tertiary alicyclic amines) is 1. The molecule has 0 bridgehead atoms. The molecular weight excluding hydrogens is 438 g/mol. The molecule has 1 N–H and O–H groups in total. The lowest BCUT2D eigenvalue weighted by molar-refractivity contribution is 0.0562. The summed E-state index contributed by atoms with van der Waals surface area (Å²) in [6.45, 7) is 9.07. The van der Waals surface area contributed by atoms with Gasteiger partial charge in [0, 0.05) is 22.7 Å². The third kappa shape index (κ3) is 4.16. The van der Waals surface area contributed by atoms with Gasteiger partial charge in [0.1, 0.15) is 5.75 Å². The number of amides is 1. The highest BCUT2D eigenvalue weighted by Crippen LogP contribution is 2.48. The van der Waals surface area contributed by atoms with Crippen LogP contribution < -0.4 is 10.1 Å². The van der Waals surface area contributed by atoms with Crippen molar-refractivity contribution in [2.45, 2.75) is 50.4 Å². The Labute approximate surface area is 204 Å². The number of benzene rings is 2. The van der Waals surface area contributed by atoms with Crippen molar-refractivity contribution >= 4 is 33.1 Å². The van der Waals surface area contributed by atoms with Gasteiger partial charge in [-0.25, -0.2) is 0 Å². The Morgan fingerprint density at radius 3 is 2.71 bits per heavy atom. The quantitative estimate of drug-likeness (QED) is 0.534. The lowest BCUT2D eigenvalue weighted by Gasteiger charge is -2.41. The fourth-order valence-electron chi connectivity index (χ4n) is 5.09. The summed E-state index contributed by atoms with van der Waals surface area (Å²) in [5, 5.41) is 4.46. The molecule has 1 saturated heterocycles. The van der Waals surface area contributed by atoms with Gasteiger partial charge in [-0.05, 0) is 93.7 Å². The number of likely N-dealkylation sites (N-methyl/N-ethyl adjacent to an activating group) is 1. The van der Waals surface area contributed by atoms with Crippen molar-refractivity contribution < 1.29 is 9.53 Å². The van der Waals surface area contributed by atoms with Crippen LogP contribution in [0.4, 0.5) is 0 Å². The van der Waals surface area contributed by atoms with Crippen molar-refractivity contribution in [1.29, 1.82) is 0 Å². The summed E-state index contributed by atoms with van der Waals surface area (Å²) in [7, 11) is 3.09. The molecule has 0 radical (unpaired) electrons. The van der Waals surface area contributed by atoms with Gasteiger partial charge in [-0.15, -0.1) is 0 Å². The van der Waals surface area contributed by atoms with E-state index in [2.05, 4.69) is 42.0 Å². The van der Waals surface area contributed by atoms with Crippen molar-refractivity contribution in [1.82, 2.24) is 15.2 Å². The fourth-order valence-corrected chi connectivity index (χ4v) is 6.20. The third-order valence-corrected chi connectivity index (χ3v) is 8.49. The minimum atomic E-state index is -0.372. The van der Waals surface area contributed by atoms with Crippen LogP contribution in [-0.2, 0) is 5.54 Å². The maximum Gasteiger partial charge on any atom is 0.252 e. The Bertz CT molecular complexity index is 1280. The number of aryl methyl sites for hydroxylation is 2. The van der Waals surface area contributed by atoms with Crippen LogP contribution in [0.1, 0.15) is 52.0 Å². The summed E-state index contributed by atoms with van der Waals surface area (Å²) in [6, 6.07) is 14.7. The highest BCUT2D eigenvalue weighted by Gasteiger charge is 2.47. The molecule has 1 aliphatic carbocycles. The number of hydrogen-bond acceptors (Lipinski definition) is 4. The Morgan fingerprint density at radius 1 is 1.26 bits per heavy atom.